The van der Waals surface area contributed by atoms with Crippen molar-refractivity contribution in [1.82, 2.24) is 24.4 Å². The molecule has 1 aliphatic rings. The quantitative estimate of drug-likeness (QED) is 0.330. The summed E-state index contributed by atoms with van der Waals surface area (Å²) in [5.41, 5.74) is 1.58. The van der Waals surface area contributed by atoms with Gasteiger partial charge in [-0.3, -0.25) is 4.57 Å². The molecule has 1 N–H and O–H groups in total. The van der Waals surface area contributed by atoms with Crippen LogP contribution in [0.15, 0.2) is 54.9 Å². The van der Waals surface area contributed by atoms with Crippen LogP contribution >= 0.6 is 23.2 Å². The van der Waals surface area contributed by atoms with E-state index in [0.717, 1.165) is 5.69 Å². The molecule has 10 nitrogen and oxygen atoms in total. The Balaban J connectivity index is 1.70. The van der Waals surface area contributed by atoms with Crippen molar-refractivity contribution in [2.75, 3.05) is 24.5 Å². The van der Waals surface area contributed by atoms with Gasteiger partial charge in [0.25, 0.3) is 0 Å². The summed E-state index contributed by atoms with van der Waals surface area (Å²) in [4.78, 5) is 42.0. The number of imidazole rings is 1. The van der Waals surface area contributed by atoms with Crippen LogP contribution < -0.4 is 4.90 Å². The van der Waals surface area contributed by atoms with Gasteiger partial charge in [0.2, 0.25) is 0 Å². The summed E-state index contributed by atoms with van der Waals surface area (Å²) in [6.45, 7) is 5.59. The Labute approximate surface area is 234 Å². The van der Waals surface area contributed by atoms with Crippen molar-refractivity contribution in [1.29, 1.82) is 0 Å². The van der Waals surface area contributed by atoms with Crippen LogP contribution in [0, 0.1) is 0 Å². The molecule has 4 aromatic rings. The van der Waals surface area contributed by atoms with Crippen LogP contribution in [0.25, 0.3) is 28.2 Å². The number of hydrogen-bond donors (Lipinski definition) is 1. The molecule has 0 aliphatic carbocycles. The van der Waals surface area contributed by atoms with Crippen molar-refractivity contribution in [2.24, 2.45) is 0 Å². The molecule has 1 aliphatic heterocycles. The van der Waals surface area contributed by atoms with Gasteiger partial charge in [-0.2, -0.15) is 0 Å². The zero-order valence-corrected chi connectivity index (χ0v) is 23.0. The van der Waals surface area contributed by atoms with Crippen LogP contribution in [-0.4, -0.2) is 72.9 Å². The first kappa shape index (κ1) is 26.7. The third kappa shape index (κ3) is 5.35. The van der Waals surface area contributed by atoms with Gasteiger partial charge < -0.3 is 19.6 Å². The fourth-order valence-corrected chi connectivity index (χ4v) is 4.88. The van der Waals surface area contributed by atoms with Gasteiger partial charge in [-0.25, -0.2) is 24.5 Å². The van der Waals surface area contributed by atoms with Crippen LogP contribution in [0.4, 0.5) is 10.6 Å². The lowest BCUT2D eigenvalue weighted by molar-refractivity contribution is -0.157. The number of halogens is 2. The second-order valence-electron chi connectivity index (χ2n) is 10.1. The molecule has 3 heterocycles. The molecular weight excluding hydrogens is 543 g/mol. The molecule has 0 radical (unpaired) electrons. The number of carbonyl (C=O) groups excluding carboxylic acids is 1. The fraction of sp³-hybridized carbons (Fsp3) is 0.296. The van der Waals surface area contributed by atoms with E-state index in [4.69, 9.17) is 32.9 Å². The molecule has 2 aromatic heterocycles. The van der Waals surface area contributed by atoms with Crippen LogP contribution in [0.2, 0.25) is 10.0 Å². The molecule has 1 atom stereocenters. The number of anilines is 1. The molecule has 2 aromatic carbocycles. The summed E-state index contributed by atoms with van der Waals surface area (Å²) in [5.74, 6) is 0.364. The van der Waals surface area contributed by atoms with Crippen LogP contribution in [0.3, 0.4) is 0 Å². The van der Waals surface area contributed by atoms with Gasteiger partial charge in [-0.05, 0) is 57.2 Å². The molecule has 0 saturated carbocycles. The number of piperazine rings is 1. The summed E-state index contributed by atoms with van der Waals surface area (Å²) >= 11 is 12.7. The lowest BCUT2D eigenvalue weighted by Crippen LogP contribution is -2.59. The Hall–Kier alpha value is -3.89. The SMILES string of the molecule is CC(C)(C)OC(=O)C1CN(C(=O)O)CCN1c1ncnc2c1nc(-c1ccccc1Cl)n2-c1ccc(Cl)cc1. The normalized spacial score (nSPS) is 16.0. The van der Waals surface area contributed by atoms with Gasteiger partial charge in [-0.15, -0.1) is 0 Å². The Bertz CT molecular complexity index is 1550. The average molecular weight is 569 g/mol. The molecule has 1 saturated heterocycles. The first-order valence-corrected chi connectivity index (χ1v) is 13.0. The van der Waals surface area contributed by atoms with E-state index in [9.17, 15) is 14.7 Å². The number of carboxylic acid groups (broad SMARTS) is 1. The van der Waals surface area contributed by atoms with Crippen molar-refractivity contribution in [3.63, 3.8) is 0 Å². The van der Waals surface area contributed by atoms with E-state index in [1.807, 2.05) is 34.9 Å². The molecule has 0 bridgehead atoms. The van der Waals surface area contributed by atoms with E-state index in [1.54, 1.807) is 43.9 Å². The monoisotopic (exact) mass is 568 g/mol. The largest absolute Gasteiger partial charge is 0.465 e. The van der Waals surface area contributed by atoms with Crippen LogP contribution in [-0.2, 0) is 9.53 Å². The Morgan fingerprint density at radius 1 is 1.03 bits per heavy atom. The summed E-state index contributed by atoms with van der Waals surface area (Å²) in [6.07, 6.45) is 0.293. The molecule has 12 heteroatoms. The fourth-order valence-electron chi connectivity index (χ4n) is 4.53. The number of hydrogen-bond acceptors (Lipinski definition) is 7. The van der Waals surface area contributed by atoms with E-state index in [2.05, 4.69) is 9.97 Å². The molecule has 0 spiro atoms. The number of amides is 1. The van der Waals surface area contributed by atoms with Crippen molar-refractivity contribution in [2.45, 2.75) is 32.4 Å². The molecule has 1 amide bonds. The zero-order chi connectivity index (χ0) is 27.9. The summed E-state index contributed by atoms with van der Waals surface area (Å²) in [5, 5.41) is 10.7. The van der Waals surface area contributed by atoms with Gasteiger partial charge in [0.1, 0.15) is 23.8 Å². The summed E-state index contributed by atoms with van der Waals surface area (Å²) in [7, 11) is 0. The highest BCUT2D eigenvalue weighted by molar-refractivity contribution is 6.33. The maximum absolute atomic E-state index is 13.3. The summed E-state index contributed by atoms with van der Waals surface area (Å²) in [6, 6.07) is 13.6. The van der Waals surface area contributed by atoms with Gasteiger partial charge >= 0.3 is 12.1 Å². The van der Waals surface area contributed by atoms with Crippen molar-refractivity contribution < 1.29 is 19.4 Å². The van der Waals surface area contributed by atoms with Gasteiger partial charge in [0, 0.05) is 29.4 Å². The standard InChI is InChI=1S/C27H26Cl2N6O4/c1-27(2,3)39-25(36)20-14-33(26(37)38)12-13-34(20)23-21-24(31-15-30-23)35(17-10-8-16(28)9-11-17)22(32-21)18-6-4-5-7-19(18)29/h4-11,15,20H,12-14H2,1-3H3,(H,37,38). The number of aromatic nitrogens is 4. The van der Waals surface area contributed by atoms with E-state index < -0.39 is 23.7 Å². The minimum Gasteiger partial charge on any atom is -0.465 e. The van der Waals surface area contributed by atoms with E-state index in [0.29, 0.717) is 38.4 Å². The zero-order valence-electron chi connectivity index (χ0n) is 21.5. The third-order valence-corrected chi connectivity index (χ3v) is 6.81. The number of ether oxygens (including phenoxy) is 1. The van der Waals surface area contributed by atoms with Crippen LogP contribution in [0.1, 0.15) is 20.8 Å². The second kappa shape index (κ2) is 10.3. The Kier molecular flexibility index (Phi) is 7.09. The van der Waals surface area contributed by atoms with Crippen molar-refractivity contribution in [3.8, 4) is 17.1 Å². The highest BCUT2D eigenvalue weighted by Gasteiger charge is 2.39. The van der Waals surface area contributed by atoms with E-state index in [-0.39, 0.29) is 19.6 Å². The van der Waals surface area contributed by atoms with Crippen molar-refractivity contribution in [3.05, 3.63) is 64.9 Å². The predicted octanol–water partition coefficient (Wildman–Crippen LogP) is 5.30. The second-order valence-corrected chi connectivity index (χ2v) is 10.9. The van der Waals surface area contributed by atoms with Gasteiger partial charge in [0.05, 0.1) is 11.6 Å². The average Bonchev–Trinajstić information content (AvgIpc) is 3.27. The first-order chi connectivity index (χ1) is 18.5. The maximum atomic E-state index is 13.3. The molecule has 5 rings (SSSR count). The Morgan fingerprint density at radius 3 is 2.41 bits per heavy atom. The maximum Gasteiger partial charge on any atom is 0.407 e. The summed E-state index contributed by atoms with van der Waals surface area (Å²) < 4.78 is 7.52. The molecule has 1 unspecified atom stereocenters. The molecular formula is C27H26Cl2N6O4. The number of rotatable bonds is 4. The first-order valence-electron chi connectivity index (χ1n) is 12.2. The molecule has 39 heavy (non-hydrogen) atoms. The number of carbonyl (C=O) groups is 2. The topological polar surface area (TPSA) is 114 Å². The van der Waals surface area contributed by atoms with E-state index >= 15 is 0 Å². The highest BCUT2D eigenvalue weighted by atomic mass is 35.5. The molecule has 1 fully saturated rings. The predicted molar refractivity (Wildman–Crippen MR) is 149 cm³/mol. The van der Waals surface area contributed by atoms with Gasteiger partial charge in [-0.1, -0.05) is 35.3 Å². The minimum absolute atomic E-state index is 0.0784. The lowest BCUT2D eigenvalue weighted by atomic mass is 10.1. The Morgan fingerprint density at radius 2 is 1.74 bits per heavy atom. The van der Waals surface area contributed by atoms with Crippen LogP contribution in [0.5, 0.6) is 0 Å². The van der Waals surface area contributed by atoms with Gasteiger partial charge in [0.15, 0.2) is 17.0 Å². The molecule has 202 valence electrons. The van der Waals surface area contributed by atoms with Crippen molar-refractivity contribution >= 4 is 52.2 Å². The smallest absolute Gasteiger partial charge is 0.407 e. The number of nitrogens with zero attached hydrogens (tertiary/aromatic N) is 6. The lowest BCUT2D eigenvalue weighted by Gasteiger charge is -2.40. The van der Waals surface area contributed by atoms with E-state index in [1.165, 1.54) is 11.2 Å². The third-order valence-electron chi connectivity index (χ3n) is 6.23. The highest BCUT2D eigenvalue weighted by Crippen LogP contribution is 2.35. The number of esters is 1. The number of benzene rings is 2. The number of fused-ring (bicyclic) bond motifs is 1. The minimum atomic E-state index is -1.11.